The van der Waals surface area contributed by atoms with E-state index in [0.29, 0.717) is 6.61 Å². The molecule has 1 aliphatic heterocycles. The molecular formula is C19H22N2O2. The Morgan fingerprint density at radius 3 is 2.70 bits per heavy atom. The van der Waals surface area contributed by atoms with Gasteiger partial charge in [0, 0.05) is 25.1 Å². The van der Waals surface area contributed by atoms with E-state index < -0.39 is 0 Å². The minimum atomic E-state index is 0.189. The molecule has 2 aromatic carbocycles. The number of hydrogen-bond acceptors (Lipinski definition) is 4. The smallest absolute Gasteiger partial charge is 0.141 e. The average molecular weight is 310 g/mol. The van der Waals surface area contributed by atoms with Gasteiger partial charge in [-0.05, 0) is 24.7 Å². The topological polar surface area (TPSA) is 34.1 Å². The first-order valence-electron chi connectivity index (χ1n) is 7.95. The molecule has 0 amide bonds. The zero-order valence-corrected chi connectivity index (χ0v) is 13.4. The van der Waals surface area contributed by atoms with Gasteiger partial charge in [0.25, 0.3) is 0 Å². The van der Waals surface area contributed by atoms with Gasteiger partial charge in [-0.1, -0.05) is 47.6 Å². The number of hydrogen-bond donors (Lipinski definition) is 0. The summed E-state index contributed by atoms with van der Waals surface area (Å²) in [6, 6.07) is 18.0. The first kappa shape index (κ1) is 15.6. The summed E-state index contributed by atoms with van der Waals surface area (Å²) in [7, 11) is 2.10. The molecule has 3 rings (SSSR count). The number of likely N-dealkylation sites (tertiary alicyclic amines) is 1. The molecule has 23 heavy (non-hydrogen) atoms. The van der Waals surface area contributed by atoms with Crippen molar-refractivity contribution in [2.24, 2.45) is 5.16 Å². The van der Waals surface area contributed by atoms with Gasteiger partial charge in [-0.3, -0.25) is 0 Å². The maximum absolute atomic E-state index is 5.91. The number of nitrogens with zero attached hydrogens (tertiary/aromatic N) is 2. The Labute approximate surface area is 137 Å². The van der Waals surface area contributed by atoms with Crippen molar-refractivity contribution in [3.63, 3.8) is 0 Å². The first-order valence-corrected chi connectivity index (χ1v) is 7.95. The highest BCUT2D eigenvalue weighted by molar-refractivity contribution is 5.83. The van der Waals surface area contributed by atoms with E-state index in [2.05, 4.69) is 29.2 Å². The summed E-state index contributed by atoms with van der Waals surface area (Å²) in [6.07, 6.45) is 2.95. The van der Waals surface area contributed by atoms with Gasteiger partial charge in [-0.25, -0.2) is 0 Å². The summed E-state index contributed by atoms with van der Waals surface area (Å²) < 4.78 is 5.91. The minimum absolute atomic E-state index is 0.189. The van der Waals surface area contributed by atoms with Crippen LogP contribution in [-0.4, -0.2) is 37.4 Å². The average Bonchev–Trinajstić information content (AvgIpc) is 3.00. The van der Waals surface area contributed by atoms with Crippen LogP contribution in [0.3, 0.4) is 0 Å². The zero-order valence-electron chi connectivity index (χ0n) is 13.4. The molecule has 0 N–H and O–H groups in total. The second kappa shape index (κ2) is 7.79. The van der Waals surface area contributed by atoms with E-state index >= 15 is 0 Å². The van der Waals surface area contributed by atoms with Crippen molar-refractivity contribution in [1.82, 2.24) is 4.90 Å². The van der Waals surface area contributed by atoms with Crippen molar-refractivity contribution in [3.05, 3.63) is 65.7 Å². The van der Waals surface area contributed by atoms with Crippen LogP contribution in [0.1, 0.15) is 17.5 Å². The summed E-state index contributed by atoms with van der Waals surface area (Å²) in [5, 5.41) is 4.14. The van der Waals surface area contributed by atoms with Crippen molar-refractivity contribution in [1.29, 1.82) is 0 Å². The Morgan fingerprint density at radius 2 is 1.91 bits per heavy atom. The van der Waals surface area contributed by atoms with Crippen LogP contribution in [0.25, 0.3) is 0 Å². The van der Waals surface area contributed by atoms with E-state index in [1.807, 2.05) is 42.5 Å². The van der Waals surface area contributed by atoms with Gasteiger partial charge in [-0.2, -0.15) is 0 Å². The van der Waals surface area contributed by atoms with E-state index in [4.69, 9.17) is 9.57 Å². The SMILES string of the molecule is CN1CC[C@H](ON=Cc2ccccc2OCc2ccccc2)C1. The van der Waals surface area contributed by atoms with Crippen LogP contribution in [0.2, 0.25) is 0 Å². The monoisotopic (exact) mass is 310 g/mol. The van der Waals surface area contributed by atoms with Crippen molar-refractivity contribution in [2.45, 2.75) is 19.1 Å². The van der Waals surface area contributed by atoms with Gasteiger partial charge in [0.05, 0.1) is 6.21 Å². The summed E-state index contributed by atoms with van der Waals surface area (Å²) in [5.41, 5.74) is 2.07. The Kier molecular flexibility index (Phi) is 5.27. The third-order valence-electron chi connectivity index (χ3n) is 3.91. The van der Waals surface area contributed by atoms with Crippen LogP contribution < -0.4 is 4.74 Å². The van der Waals surface area contributed by atoms with Crippen molar-refractivity contribution >= 4 is 6.21 Å². The second-order valence-corrected chi connectivity index (χ2v) is 5.82. The molecule has 1 fully saturated rings. The molecule has 1 aliphatic rings. The second-order valence-electron chi connectivity index (χ2n) is 5.82. The fourth-order valence-electron chi connectivity index (χ4n) is 2.61. The molecule has 0 saturated carbocycles. The lowest BCUT2D eigenvalue weighted by atomic mass is 10.2. The zero-order chi connectivity index (χ0) is 15.9. The summed E-state index contributed by atoms with van der Waals surface area (Å²) >= 11 is 0. The Hall–Kier alpha value is -2.33. The molecule has 0 aromatic heterocycles. The number of para-hydroxylation sites is 1. The largest absolute Gasteiger partial charge is 0.488 e. The predicted octanol–water partition coefficient (Wildman–Crippen LogP) is 3.32. The lowest BCUT2D eigenvalue weighted by molar-refractivity contribution is 0.0682. The first-order chi connectivity index (χ1) is 11.3. The highest BCUT2D eigenvalue weighted by Crippen LogP contribution is 2.18. The Morgan fingerprint density at radius 1 is 1.13 bits per heavy atom. The Bertz CT molecular complexity index is 643. The molecule has 0 bridgehead atoms. The number of oxime groups is 1. The maximum atomic E-state index is 5.91. The van der Waals surface area contributed by atoms with Crippen molar-refractivity contribution in [2.75, 3.05) is 20.1 Å². The molecule has 0 aliphatic carbocycles. The summed E-state index contributed by atoms with van der Waals surface area (Å²) in [4.78, 5) is 7.81. The molecular weight excluding hydrogens is 288 g/mol. The molecule has 1 saturated heterocycles. The third-order valence-corrected chi connectivity index (χ3v) is 3.91. The maximum Gasteiger partial charge on any atom is 0.141 e. The fourth-order valence-corrected chi connectivity index (χ4v) is 2.61. The number of likely N-dealkylation sites (N-methyl/N-ethyl adjacent to an activating group) is 1. The van der Waals surface area contributed by atoms with Crippen molar-refractivity contribution < 1.29 is 9.57 Å². The summed E-state index contributed by atoms with van der Waals surface area (Å²) in [6.45, 7) is 2.54. The van der Waals surface area contributed by atoms with Crippen LogP contribution in [0.5, 0.6) is 5.75 Å². The molecule has 4 nitrogen and oxygen atoms in total. The molecule has 0 spiro atoms. The van der Waals surface area contributed by atoms with Crippen LogP contribution in [0, 0.1) is 0 Å². The predicted molar refractivity (Wildman–Crippen MR) is 91.8 cm³/mol. The number of ether oxygens (including phenoxy) is 1. The molecule has 2 aromatic rings. The third kappa shape index (κ3) is 4.57. The van der Waals surface area contributed by atoms with E-state index in [0.717, 1.165) is 36.4 Å². The number of rotatable bonds is 6. The molecule has 0 unspecified atom stereocenters. The van der Waals surface area contributed by atoms with Gasteiger partial charge in [-0.15, -0.1) is 0 Å². The van der Waals surface area contributed by atoms with Gasteiger partial charge in [0.2, 0.25) is 0 Å². The van der Waals surface area contributed by atoms with E-state index in [1.54, 1.807) is 6.21 Å². The lowest BCUT2D eigenvalue weighted by Crippen LogP contribution is -2.17. The minimum Gasteiger partial charge on any atom is -0.488 e. The highest BCUT2D eigenvalue weighted by atomic mass is 16.6. The van der Waals surface area contributed by atoms with Crippen LogP contribution in [0.15, 0.2) is 59.8 Å². The van der Waals surface area contributed by atoms with Crippen LogP contribution >= 0.6 is 0 Å². The molecule has 0 radical (unpaired) electrons. The van der Waals surface area contributed by atoms with E-state index in [1.165, 1.54) is 0 Å². The number of benzene rings is 2. The normalized spacial score (nSPS) is 18.4. The summed E-state index contributed by atoms with van der Waals surface area (Å²) in [5.74, 6) is 0.812. The van der Waals surface area contributed by atoms with Gasteiger partial charge in [0.1, 0.15) is 18.5 Å². The quantitative estimate of drug-likeness (QED) is 0.606. The Balaban J connectivity index is 1.59. The van der Waals surface area contributed by atoms with Gasteiger partial charge < -0.3 is 14.5 Å². The molecule has 120 valence electrons. The van der Waals surface area contributed by atoms with E-state index in [9.17, 15) is 0 Å². The van der Waals surface area contributed by atoms with Crippen molar-refractivity contribution in [3.8, 4) is 5.75 Å². The standard InChI is InChI=1S/C19H22N2O2/c1-21-12-11-18(14-21)23-20-13-17-9-5-6-10-19(17)22-15-16-7-3-2-4-8-16/h2-10,13,18H,11-12,14-15H2,1H3/t18-/m0/s1. The highest BCUT2D eigenvalue weighted by Gasteiger charge is 2.20. The van der Waals surface area contributed by atoms with Gasteiger partial charge >= 0.3 is 0 Å². The molecule has 1 atom stereocenters. The van der Waals surface area contributed by atoms with E-state index in [-0.39, 0.29) is 6.10 Å². The molecule has 4 heteroatoms. The van der Waals surface area contributed by atoms with Gasteiger partial charge in [0.15, 0.2) is 0 Å². The molecule has 1 heterocycles. The van der Waals surface area contributed by atoms with Crippen LogP contribution in [-0.2, 0) is 11.4 Å². The lowest BCUT2D eigenvalue weighted by Gasteiger charge is -2.10. The fraction of sp³-hybridized carbons (Fsp3) is 0.316. The van der Waals surface area contributed by atoms with Crippen LogP contribution in [0.4, 0.5) is 0 Å².